The number of amides is 2. The van der Waals surface area contributed by atoms with Crippen molar-refractivity contribution >= 4 is 34.6 Å². The maximum atomic E-state index is 13.0. The fourth-order valence-corrected chi connectivity index (χ4v) is 4.39. The van der Waals surface area contributed by atoms with Gasteiger partial charge in [-0.3, -0.25) is 9.59 Å². The zero-order valence-electron chi connectivity index (χ0n) is 18.6. The summed E-state index contributed by atoms with van der Waals surface area (Å²) in [5.41, 5.74) is 1.57. The second-order valence-electron chi connectivity index (χ2n) is 8.20. The van der Waals surface area contributed by atoms with Gasteiger partial charge >= 0.3 is 5.97 Å². The number of piperazine rings is 1. The van der Waals surface area contributed by atoms with Gasteiger partial charge in [-0.05, 0) is 31.9 Å². The van der Waals surface area contributed by atoms with Crippen LogP contribution in [0.3, 0.4) is 0 Å². The van der Waals surface area contributed by atoms with E-state index in [4.69, 9.17) is 9.72 Å². The van der Waals surface area contributed by atoms with Gasteiger partial charge in [0.2, 0.25) is 11.8 Å². The quantitative estimate of drug-likeness (QED) is 0.669. The zero-order chi connectivity index (χ0) is 22.7. The Bertz CT molecular complexity index is 1010. The lowest BCUT2D eigenvalue weighted by atomic mass is 9.95. The number of ether oxygens (including phenoxy) is 1. The van der Waals surface area contributed by atoms with E-state index in [1.807, 2.05) is 34.1 Å². The van der Waals surface area contributed by atoms with Crippen LogP contribution in [0.2, 0.25) is 0 Å². The molecule has 1 aromatic carbocycles. The van der Waals surface area contributed by atoms with Crippen LogP contribution in [0.5, 0.6) is 0 Å². The highest BCUT2D eigenvalue weighted by Crippen LogP contribution is 2.25. The fraction of sp³-hybridized carbons (Fsp3) is 0.522. The van der Waals surface area contributed by atoms with E-state index in [0.29, 0.717) is 69.0 Å². The van der Waals surface area contributed by atoms with E-state index < -0.39 is 5.97 Å². The van der Waals surface area contributed by atoms with Crippen LogP contribution in [0, 0.1) is 5.92 Å². The van der Waals surface area contributed by atoms with E-state index >= 15 is 0 Å². The lowest BCUT2D eigenvalue weighted by Gasteiger charge is -2.39. The summed E-state index contributed by atoms with van der Waals surface area (Å²) in [4.78, 5) is 52.0. The third kappa shape index (κ3) is 4.51. The third-order valence-corrected chi connectivity index (χ3v) is 6.20. The van der Waals surface area contributed by atoms with Crippen LogP contribution < -0.4 is 4.90 Å². The van der Waals surface area contributed by atoms with Gasteiger partial charge < -0.3 is 19.4 Å². The Hall–Kier alpha value is -3.23. The van der Waals surface area contributed by atoms with Crippen LogP contribution in [-0.2, 0) is 14.3 Å². The molecule has 4 rings (SSSR count). The van der Waals surface area contributed by atoms with Gasteiger partial charge in [0, 0.05) is 52.1 Å². The molecule has 9 heteroatoms. The second kappa shape index (κ2) is 9.50. The van der Waals surface area contributed by atoms with Gasteiger partial charge in [-0.15, -0.1) is 0 Å². The predicted octanol–water partition coefficient (Wildman–Crippen LogP) is 1.71. The number of rotatable bonds is 4. The van der Waals surface area contributed by atoms with Crippen molar-refractivity contribution in [1.82, 2.24) is 19.8 Å². The normalized spacial score (nSPS) is 17.5. The molecule has 2 aliphatic rings. The van der Waals surface area contributed by atoms with Gasteiger partial charge in [0.15, 0.2) is 11.5 Å². The van der Waals surface area contributed by atoms with Crippen LogP contribution in [0.1, 0.15) is 37.2 Å². The first-order valence-electron chi connectivity index (χ1n) is 11.2. The molecule has 0 radical (unpaired) electrons. The summed E-state index contributed by atoms with van der Waals surface area (Å²) in [6.07, 6.45) is 1.42. The Morgan fingerprint density at radius 2 is 1.56 bits per heavy atom. The number of carbonyl (C=O) groups excluding carboxylic acids is 3. The summed E-state index contributed by atoms with van der Waals surface area (Å²) in [5.74, 6) is 0.203. The number of para-hydroxylation sites is 2. The molecule has 1 aromatic heterocycles. The molecule has 3 heterocycles. The maximum absolute atomic E-state index is 13.0. The molecule has 0 atom stereocenters. The van der Waals surface area contributed by atoms with Crippen molar-refractivity contribution < 1.29 is 19.1 Å². The minimum Gasteiger partial charge on any atom is -0.461 e. The Morgan fingerprint density at radius 1 is 0.938 bits per heavy atom. The number of likely N-dealkylation sites (tertiary alicyclic amines) is 1. The van der Waals surface area contributed by atoms with Gasteiger partial charge in [0.05, 0.1) is 17.6 Å². The summed E-state index contributed by atoms with van der Waals surface area (Å²) >= 11 is 0. The standard InChI is InChI=1S/C23H29N5O4/c1-3-32-23(31)20-21(25-19-7-5-4-6-18(19)24-20)27-12-14-28(15-13-27)22(30)17-8-10-26(11-9-17)16(2)29/h4-7,17H,3,8-15H2,1-2H3. The molecule has 2 aromatic rings. The number of anilines is 1. The lowest BCUT2D eigenvalue weighted by Crippen LogP contribution is -2.52. The van der Waals surface area contributed by atoms with Crippen molar-refractivity contribution in [3.05, 3.63) is 30.0 Å². The van der Waals surface area contributed by atoms with Crippen LogP contribution >= 0.6 is 0 Å². The molecule has 32 heavy (non-hydrogen) atoms. The van der Waals surface area contributed by atoms with Crippen LogP contribution in [-0.4, -0.2) is 83.4 Å². The zero-order valence-corrected chi connectivity index (χ0v) is 18.6. The minimum absolute atomic E-state index is 0.0345. The predicted molar refractivity (Wildman–Crippen MR) is 119 cm³/mol. The van der Waals surface area contributed by atoms with E-state index in [1.54, 1.807) is 18.7 Å². The largest absolute Gasteiger partial charge is 0.461 e. The lowest BCUT2D eigenvalue weighted by molar-refractivity contribution is -0.140. The van der Waals surface area contributed by atoms with Crippen molar-refractivity contribution in [2.24, 2.45) is 5.92 Å². The van der Waals surface area contributed by atoms with Crippen LogP contribution in [0.15, 0.2) is 24.3 Å². The molecule has 2 fully saturated rings. The smallest absolute Gasteiger partial charge is 0.360 e. The molecule has 170 valence electrons. The first kappa shape index (κ1) is 22.0. The number of carbonyl (C=O) groups is 3. The van der Waals surface area contributed by atoms with E-state index in [-0.39, 0.29) is 30.0 Å². The summed E-state index contributed by atoms with van der Waals surface area (Å²) in [6.45, 7) is 7.12. The number of piperidine rings is 1. The molecule has 0 saturated carbocycles. The molecule has 0 N–H and O–H groups in total. The molecular formula is C23H29N5O4. The number of hydrogen-bond acceptors (Lipinski definition) is 7. The molecular weight excluding hydrogens is 410 g/mol. The average Bonchev–Trinajstić information content (AvgIpc) is 2.83. The molecule has 0 aliphatic carbocycles. The van der Waals surface area contributed by atoms with Crippen molar-refractivity contribution in [3.8, 4) is 0 Å². The van der Waals surface area contributed by atoms with Crippen molar-refractivity contribution in [2.45, 2.75) is 26.7 Å². The molecule has 2 saturated heterocycles. The summed E-state index contributed by atoms with van der Waals surface area (Å²) in [5, 5.41) is 0. The number of benzene rings is 1. The van der Waals surface area contributed by atoms with E-state index in [9.17, 15) is 14.4 Å². The van der Waals surface area contributed by atoms with Crippen LogP contribution in [0.25, 0.3) is 11.0 Å². The van der Waals surface area contributed by atoms with Gasteiger partial charge in [0.25, 0.3) is 0 Å². The fourth-order valence-electron chi connectivity index (χ4n) is 4.39. The van der Waals surface area contributed by atoms with Crippen LogP contribution in [0.4, 0.5) is 5.82 Å². The number of fused-ring (bicyclic) bond motifs is 1. The van der Waals surface area contributed by atoms with Crippen molar-refractivity contribution in [1.29, 1.82) is 0 Å². The highest BCUT2D eigenvalue weighted by Gasteiger charge is 2.32. The van der Waals surface area contributed by atoms with Gasteiger partial charge in [-0.2, -0.15) is 0 Å². The number of esters is 1. The summed E-state index contributed by atoms with van der Waals surface area (Å²) in [7, 11) is 0. The number of aromatic nitrogens is 2. The Balaban J connectivity index is 1.46. The minimum atomic E-state index is -0.489. The van der Waals surface area contributed by atoms with E-state index in [1.165, 1.54) is 0 Å². The monoisotopic (exact) mass is 439 g/mol. The Morgan fingerprint density at radius 3 is 2.16 bits per heavy atom. The van der Waals surface area contributed by atoms with Gasteiger partial charge in [0.1, 0.15) is 0 Å². The SMILES string of the molecule is CCOC(=O)c1nc2ccccc2nc1N1CCN(C(=O)C2CCN(C(C)=O)CC2)CC1. The topological polar surface area (TPSA) is 95.9 Å². The van der Waals surface area contributed by atoms with Gasteiger partial charge in [-0.25, -0.2) is 14.8 Å². The maximum Gasteiger partial charge on any atom is 0.360 e. The highest BCUT2D eigenvalue weighted by molar-refractivity contribution is 5.95. The average molecular weight is 440 g/mol. The molecule has 2 aliphatic heterocycles. The van der Waals surface area contributed by atoms with Gasteiger partial charge in [-0.1, -0.05) is 12.1 Å². The van der Waals surface area contributed by atoms with E-state index in [0.717, 1.165) is 0 Å². The Kier molecular flexibility index (Phi) is 6.53. The molecule has 9 nitrogen and oxygen atoms in total. The van der Waals surface area contributed by atoms with E-state index in [2.05, 4.69) is 4.98 Å². The highest BCUT2D eigenvalue weighted by atomic mass is 16.5. The first-order chi connectivity index (χ1) is 15.5. The molecule has 0 spiro atoms. The number of nitrogens with zero attached hydrogens (tertiary/aromatic N) is 5. The molecule has 0 unspecified atom stereocenters. The Labute approximate surface area is 187 Å². The number of hydrogen-bond donors (Lipinski definition) is 0. The molecule has 0 bridgehead atoms. The third-order valence-electron chi connectivity index (χ3n) is 6.20. The second-order valence-corrected chi connectivity index (χ2v) is 8.20. The van der Waals surface area contributed by atoms with Crippen molar-refractivity contribution in [3.63, 3.8) is 0 Å². The first-order valence-corrected chi connectivity index (χ1v) is 11.2. The summed E-state index contributed by atoms with van der Waals surface area (Å²) < 4.78 is 5.21. The molecule has 2 amide bonds. The van der Waals surface area contributed by atoms with Crippen molar-refractivity contribution in [2.75, 3.05) is 50.8 Å². The summed E-state index contributed by atoms with van der Waals surface area (Å²) in [6, 6.07) is 7.44.